The number of hydrogen-bond acceptors (Lipinski definition) is 3. The zero-order chi connectivity index (χ0) is 13.8. The maximum atomic E-state index is 12.8. The van der Waals surface area contributed by atoms with Gasteiger partial charge in [-0.25, -0.2) is 4.39 Å². The predicted molar refractivity (Wildman–Crippen MR) is 68.1 cm³/mol. The van der Waals surface area contributed by atoms with Gasteiger partial charge in [-0.3, -0.25) is 4.79 Å². The molecule has 1 saturated heterocycles. The first-order valence-electron chi connectivity index (χ1n) is 6.36. The third-order valence-corrected chi connectivity index (χ3v) is 3.30. The van der Waals surface area contributed by atoms with Crippen molar-refractivity contribution in [2.45, 2.75) is 25.5 Å². The number of ether oxygens (including phenoxy) is 1. The van der Waals surface area contributed by atoms with E-state index in [-0.39, 0.29) is 36.9 Å². The number of carbonyl (C=O) groups excluding carboxylic acids is 1. The Bertz CT molecular complexity index is 435. The molecule has 0 bridgehead atoms. The minimum absolute atomic E-state index is 0.00394. The molecule has 1 aromatic carbocycles. The van der Waals surface area contributed by atoms with Crippen molar-refractivity contribution in [3.63, 3.8) is 0 Å². The lowest BCUT2D eigenvalue weighted by atomic mass is 10.1. The van der Waals surface area contributed by atoms with Gasteiger partial charge in [0, 0.05) is 6.54 Å². The Balaban J connectivity index is 2.00. The summed E-state index contributed by atoms with van der Waals surface area (Å²) in [5.74, 6) is -0.336. The Hall–Kier alpha value is -1.46. The van der Waals surface area contributed by atoms with Crippen molar-refractivity contribution in [3.8, 4) is 0 Å². The maximum absolute atomic E-state index is 12.8. The number of hydrogen-bond donors (Lipinski definition) is 1. The van der Waals surface area contributed by atoms with Crippen molar-refractivity contribution >= 4 is 5.91 Å². The third kappa shape index (κ3) is 3.52. The molecule has 104 valence electrons. The average molecular weight is 267 g/mol. The molecule has 2 unspecified atom stereocenters. The van der Waals surface area contributed by atoms with Gasteiger partial charge >= 0.3 is 0 Å². The van der Waals surface area contributed by atoms with Gasteiger partial charge in [-0.2, -0.15) is 0 Å². The van der Waals surface area contributed by atoms with E-state index in [2.05, 4.69) is 0 Å². The first-order chi connectivity index (χ1) is 9.10. The van der Waals surface area contributed by atoms with Crippen LogP contribution in [0.4, 0.5) is 4.39 Å². The van der Waals surface area contributed by atoms with E-state index in [0.717, 1.165) is 5.56 Å². The Kier molecular flexibility index (Phi) is 4.50. The van der Waals surface area contributed by atoms with Crippen molar-refractivity contribution in [2.75, 3.05) is 19.8 Å². The number of benzene rings is 1. The molecule has 0 aromatic heterocycles. The van der Waals surface area contributed by atoms with Gasteiger partial charge in [-0.1, -0.05) is 12.1 Å². The predicted octanol–water partition coefficient (Wildman–Crippen LogP) is 0.976. The van der Waals surface area contributed by atoms with Crippen LogP contribution in [0.2, 0.25) is 0 Å². The van der Waals surface area contributed by atoms with Crippen LogP contribution in [0.3, 0.4) is 0 Å². The van der Waals surface area contributed by atoms with Gasteiger partial charge in [0.05, 0.1) is 31.8 Å². The van der Waals surface area contributed by atoms with E-state index < -0.39 is 0 Å². The van der Waals surface area contributed by atoms with Crippen LogP contribution in [0.25, 0.3) is 0 Å². The molecular formula is C14H18FNO3. The molecule has 5 heteroatoms. The van der Waals surface area contributed by atoms with Crippen LogP contribution in [0.5, 0.6) is 0 Å². The highest BCUT2D eigenvalue weighted by Crippen LogP contribution is 2.14. The number of aliphatic hydroxyl groups is 1. The van der Waals surface area contributed by atoms with E-state index in [1.807, 2.05) is 6.92 Å². The van der Waals surface area contributed by atoms with Gasteiger partial charge in [0.1, 0.15) is 5.82 Å². The van der Waals surface area contributed by atoms with E-state index in [1.54, 1.807) is 17.0 Å². The number of halogens is 1. The molecule has 0 aliphatic carbocycles. The van der Waals surface area contributed by atoms with Crippen LogP contribution >= 0.6 is 0 Å². The van der Waals surface area contributed by atoms with Crippen LogP contribution < -0.4 is 0 Å². The van der Waals surface area contributed by atoms with Gasteiger partial charge in [0.15, 0.2) is 0 Å². The smallest absolute Gasteiger partial charge is 0.227 e. The van der Waals surface area contributed by atoms with Crippen molar-refractivity contribution < 1.29 is 19.0 Å². The lowest BCUT2D eigenvalue weighted by Gasteiger charge is -2.37. The highest BCUT2D eigenvalue weighted by Gasteiger charge is 2.28. The van der Waals surface area contributed by atoms with Crippen molar-refractivity contribution in [2.24, 2.45) is 0 Å². The molecule has 1 aromatic rings. The Labute approximate surface area is 111 Å². The Morgan fingerprint density at radius 3 is 2.79 bits per heavy atom. The fraction of sp³-hybridized carbons (Fsp3) is 0.500. The summed E-state index contributed by atoms with van der Waals surface area (Å²) in [7, 11) is 0. The maximum Gasteiger partial charge on any atom is 0.227 e. The summed E-state index contributed by atoms with van der Waals surface area (Å²) in [5, 5.41) is 9.09. The molecule has 1 fully saturated rings. The highest BCUT2D eigenvalue weighted by atomic mass is 19.1. The molecule has 0 saturated carbocycles. The largest absolute Gasteiger partial charge is 0.394 e. The van der Waals surface area contributed by atoms with Gasteiger partial charge < -0.3 is 14.7 Å². The van der Waals surface area contributed by atoms with Crippen LogP contribution in [-0.4, -0.2) is 47.8 Å². The fourth-order valence-corrected chi connectivity index (χ4v) is 2.15. The van der Waals surface area contributed by atoms with Gasteiger partial charge in [-0.15, -0.1) is 0 Å². The molecule has 0 radical (unpaired) electrons. The van der Waals surface area contributed by atoms with Crippen molar-refractivity contribution in [1.82, 2.24) is 4.90 Å². The number of carbonyl (C=O) groups is 1. The Morgan fingerprint density at radius 1 is 1.47 bits per heavy atom. The van der Waals surface area contributed by atoms with E-state index in [0.29, 0.717) is 13.2 Å². The summed E-state index contributed by atoms with van der Waals surface area (Å²) in [5.41, 5.74) is 0.783. The standard InChI is InChI=1S/C14H18FNO3/c1-10-9-19-13(8-17)7-16(10)14(18)6-11-2-4-12(15)5-3-11/h2-5,10,13,17H,6-9H2,1H3. The monoisotopic (exact) mass is 267 g/mol. The molecule has 1 amide bonds. The van der Waals surface area contributed by atoms with Gasteiger partial charge in [0.2, 0.25) is 5.91 Å². The third-order valence-electron chi connectivity index (χ3n) is 3.30. The second kappa shape index (κ2) is 6.12. The second-order valence-electron chi connectivity index (χ2n) is 4.84. The second-order valence-corrected chi connectivity index (χ2v) is 4.84. The average Bonchev–Trinajstić information content (AvgIpc) is 2.42. The molecule has 0 spiro atoms. The minimum atomic E-state index is -0.312. The minimum Gasteiger partial charge on any atom is -0.394 e. The van der Waals surface area contributed by atoms with Crippen LogP contribution in [-0.2, 0) is 16.0 Å². The fourth-order valence-electron chi connectivity index (χ4n) is 2.15. The van der Waals surface area contributed by atoms with Gasteiger partial charge in [0.25, 0.3) is 0 Å². The summed E-state index contributed by atoms with van der Waals surface area (Å²) in [6.07, 6.45) is -0.0728. The van der Waals surface area contributed by atoms with E-state index in [1.165, 1.54) is 12.1 Å². The number of nitrogens with zero attached hydrogens (tertiary/aromatic N) is 1. The quantitative estimate of drug-likeness (QED) is 0.888. The van der Waals surface area contributed by atoms with E-state index >= 15 is 0 Å². The first-order valence-corrected chi connectivity index (χ1v) is 6.36. The molecular weight excluding hydrogens is 249 g/mol. The summed E-state index contributed by atoms with van der Waals surface area (Å²) in [4.78, 5) is 13.9. The van der Waals surface area contributed by atoms with Crippen LogP contribution in [0, 0.1) is 5.82 Å². The summed E-state index contributed by atoms with van der Waals surface area (Å²) in [6, 6.07) is 5.92. The van der Waals surface area contributed by atoms with E-state index in [9.17, 15) is 9.18 Å². The molecule has 2 atom stereocenters. The lowest BCUT2D eigenvalue weighted by Crippen LogP contribution is -2.52. The number of rotatable bonds is 3. The summed E-state index contributed by atoms with van der Waals surface area (Å²) < 4.78 is 18.2. The zero-order valence-electron chi connectivity index (χ0n) is 10.9. The van der Waals surface area contributed by atoms with Crippen LogP contribution in [0.1, 0.15) is 12.5 Å². The molecule has 1 N–H and O–H groups in total. The number of aliphatic hydroxyl groups excluding tert-OH is 1. The Morgan fingerprint density at radius 2 is 2.16 bits per heavy atom. The molecule has 4 nitrogen and oxygen atoms in total. The van der Waals surface area contributed by atoms with Crippen molar-refractivity contribution in [3.05, 3.63) is 35.6 Å². The molecule has 2 rings (SSSR count). The molecule has 19 heavy (non-hydrogen) atoms. The van der Waals surface area contributed by atoms with Crippen molar-refractivity contribution in [1.29, 1.82) is 0 Å². The first kappa shape index (κ1) is 14.0. The van der Waals surface area contributed by atoms with Gasteiger partial charge in [-0.05, 0) is 24.6 Å². The summed E-state index contributed by atoms with van der Waals surface area (Å²) >= 11 is 0. The SMILES string of the molecule is CC1COC(CO)CN1C(=O)Cc1ccc(F)cc1. The lowest BCUT2D eigenvalue weighted by molar-refractivity contribution is -0.145. The summed E-state index contributed by atoms with van der Waals surface area (Å²) in [6.45, 7) is 2.65. The normalized spacial score (nSPS) is 23.4. The van der Waals surface area contributed by atoms with E-state index in [4.69, 9.17) is 9.84 Å². The number of morpholine rings is 1. The topological polar surface area (TPSA) is 49.8 Å². The molecule has 1 aliphatic rings. The zero-order valence-corrected chi connectivity index (χ0v) is 10.9. The number of amides is 1. The molecule has 1 aliphatic heterocycles. The highest BCUT2D eigenvalue weighted by molar-refractivity contribution is 5.79. The van der Waals surface area contributed by atoms with Crippen LogP contribution in [0.15, 0.2) is 24.3 Å². The molecule has 1 heterocycles.